The SMILES string of the molecule is CCCCN(CC)C(=O)[C@@H]1CC(=O)N([C@@H](C)COC)C1. The minimum Gasteiger partial charge on any atom is -0.383 e. The predicted octanol–water partition coefficient (Wildman–Crippen LogP) is 1.52. The lowest BCUT2D eigenvalue weighted by molar-refractivity contribution is -0.135. The van der Waals surface area contributed by atoms with E-state index in [2.05, 4.69) is 6.92 Å². The van der Waals surface area contributed by atoms with E-state index in [1.807, 2.05) is 18.7 Å². The maximum atomic E-state index is 12.5. The summed E-state index contributed by atoms with van der Waals surface area (Å²) in [6.45, 7) is 8.64. The van der Waals surface area contributed by atoms with Crippen LogP contribution < -0.4 is 0 Å². The van der Waals surface area contributed by atoms with Crippen molar-refractivity contribution in [1.29, 1.82) is 0 Å². The van der Waals surface area contributed by atoms with E-state index in [9.17, 15) is 9.59 Å². The molecule has 0 aromatic carbocycles. The Labute approximate surface area is 122 Å². The van der Waals surface area contributed by atoms with Crippen LogP contribution in [-0.4, -0.2) is 61.0 Å². The highest BCUT2D eigenvalue weighted by Crippen LogP contribution is 2.22. The van der Waals surface area contributed by atoms with Gasteiger partial charge in [0, 0.05) is 33.2 Å². The number of methoxy groups -OCH3 is 1. The van der Waals surface area contributed by atoms with Crippen molar-refractivity contribution in [1.82, 2.24) is 9.80 Å². The fourth-order valence-corrected chi connectivity index (χ4v) is 2.69. The van der Waals surface area contributed by atoms with Crippen molar-refractivity contribution in [2.75, 3.05) is 33.4 Å². The highest BCUT2D eigenvalue weighted by molar-refractivity contribution is 5.89. The molecule has 0 aliphatic carbocycles. The average Bonchev–Trinajstić information content (AvgIpc) is 2.81. The van der Waals surface area contributed by atoms with Crippen molar-refractivity contribution in [3.8, 4) is 0 Å². The minimum absolute atomic E-state index is 0.0380. The van der Waals surface area contributed by atoms with Crippen molar-refractivity contribution < 1.29 is 14.3 Å². The molecule has 2 atom stereocenters. The number of amides is 2. The third-order valence-electron chi connectivity index (χ3n) is 3.92. The van der Waals surface area contributed by atoms with Crippen LogP contribution in [0.15, 0.2) is 0 Å². The number of hydrogen-bond acceptors (Lipinski definition) is 3. The Kier molecular flexibility index (Phi) is 6.99. The molecule has 2 amide bonds. The molecule has 1 aliphatic rings. The Morgan fingerprint density at radius 3 is 2.75 bits per heavy atom. The van der Waals surface area contributed by atoms with Gasteiger partial charge in [0.1, 0.15) is 0 Å². The molecular weight excluding hydrogens is 256 g/mol. The molecule has 1 heterocycles. The largest absolute Gasteiger partial charge is 0.383 e. The van der Waals surface area contributed by atoms with E-state index in [1.165, 1.54) is 0 Å². The Balaban J connectivity index is 2.60. The van der Waals surface area contributed by atoms with E-state index in [4.69, 9.17) is 4.74 Å². The minimum atomic E-state index is -0.182. The first kappa shape index (κ1) is 17.0. The van der Waals surface area contributed by atoms with Gasteiger partial charge in [0.05, 0.1) is 18.6 Å². The van der Waals surface area contributed by atoms with Crippen LogP contribution in [0.5, 0.6) is 0 Å². The van der Waals surface area contributed by atoms with Crippen LogP contribution in [0.4, 0.5) is 0 Å². The van der Waals surface area contributed by atoms with Crippen LogP contribution in [0.25, 0.3) is 0 Å². The third kappa shape index (κ3) is 4.20. The lowest BCUT2D eigenvalue weighted by atomic mass is 10.1. The first-order valence-corrected chi connectivity index (χ1v) is 7.62. The van der Waals surface area contributed by atoms with E-state index in [1.54, 1.807) is 12.0 Å². The predicted molar refractivity (Wildman–Crippen MR) is 78.3 cm³/mol. The summed E-state index contributed by atoms with van der Waals surface area (Å²) in [7, 11) is 1.63. The average molecular weight is 284 g/mol. The molecule has 0 spiro atoms. The zero-order valence-electron chi connectivity index (χ0n) is 13.2. The third-order valence-corrected chi connectivity index (χ3v) is 3.92. The van der Waals surface area contributed by atoms with Crippen molar-refractivity contribution >= 4 is 11.8 Å². The normalized spacial score (nSPS) is 20.3. The number of unbranched alkanes of at least 4 members (excludes halogenated alkanes) is 1. The van der Waals surface area contributed by atoms with Gasteiger partial charge < -0.3 is 14.5 Å². The second-order valence-electron chi connectivity index (χ2n) is 5.52. The van der Waals surface area contributed by atoms with Crippen molar-refractivity contribution in [2.45, 2.75) is 46.1 Å². The van der Waals surface area contributed by atoms with Crippen LogP contribution in [0.2, 0.25) is 0 Å². The summed E-state index contributed by atoms with van der Waals surface area (Å²) in [6, 6.07) is 0.0380. The summed E-state index contributed by atoms with van der Waals surface area (Å²) in [4.78, 5) is 28.2. The van der Waals surface area contributed by atoms with Crippen molar-refractivity contribution in [3.63, 3.8) is 0 Å². The summed E-state index contributed by atoms with van der Waals surface area (Å²) in [6.07, 6.45) is 2.43. The van der Waals surface area contributed by atoms with Gasteiger partial charge in [-0.2, -0.15) is 0 Å². The first-order valence-electron chi connectivity index (χ1n) is 7.62. The van der Waals surface area contributed by atoms with E-state index in [0.717, 1.165) is 25.9 Å². The summed E-state index contributed by atoms with van der Waals surface area (Å²) in [5.74, 6) is 0.0134. The number of rotatable bonds is 8. The molecule has 0 aromatic rings. The Bertz CT molecular complexity index is 333. The fraction of sp³-hybridized carbons (Fsp3) is 0.867. The molecule has 116 valence electrons. The molecular formula is C15H28N2O3. The maximum absolute atomic E-state index is 12.5. The highest BCUT2D eigenvalue weighted by atomic mass is 16.5. The monoisotopic (exact) mass is 284 g/mol. The molecule has 20 heavy (non-hydrogen) atoms. The van der Waals surface area contributed by atoms with Gasteiger partial charge in [-0.3, -0.25) is 9.59 Å². The highest BCUT2D eigenvalue weighted by Gasteiger charge is 2.37. The first-order chi connectivity index (χ1) is 9.54. The molecule has 1 rings (SSSR count). The van der Waals surface area contributed by atoms with Gasteiger partial charge in [0.25, 0.3) is 0 Å². The number of ether oxygens (including phenoxy) is 1. The molecule has 0 unspecified atom stereocenters. The van der Waals surface area contributed by atoms with Gasteiger partial charge in [0.15, 0.2) is 0 Å². The lowest BCUT2D eigenvalue weighted by Crippen LogP contribution is -2.40. The molecule has 0 aromatic heterocycles. The number of hydrogen-bond donors (Lipinski definition) is 0. The fourth-order valence-electron chi connectivity index (χ4n) is 2.69. The van der Waals surface area contributed by atoms with Crippen LogP contribution in [0.1, 0.15) is 40.0 Å². The van der Waals surface area contributed by atoms with Gasteiger partial charge in [-0.05, 0) is 20.3 Å². The van der Waals surface area contributed by atoms with Gasteiger partial charge in [0.2, 0.25) is 11.8 Å². The molecule has 5 nitrogen and oxygen atoms in total. The van der Waals surface area contributed by atoms with Gasteiger partial charge in [-0.15, -0.1) is 0 Å². The van der Waals surface area contributed by atoms with Crippen molar-refractivity contribution in [2.24, 2.45) is 5.92 Å². The van der Waals surface area contributed by atoms with Gasteiger partial charge in [-0.1, -0.05) is 13.3 Å². The molecule has 0 N–H and O–H groups in total. The quantitative estimate of drug-likeness (QED) is 0.679. The molecule has 5 heteroatoms. The Morgan fingerprint density at radius 1 is 1.50 bits per heavy atom. The van der Waals surface area contributed by atoms with Crippen molar-refractivity contribution in [3.05, 3.63) is 0 Å². The Morgan fingerprint density at radius 2 is 2.20 bits per heavy atom. The summed E-state index contributed by atoms with van der Waals surface area (Å²) in [5, 5.41) is 0. The van der Waals surface area contributed by atoms with Crippen LogP contribution in [-0.2, 0) is 14.3 Å². The van der Waals surface area contributed by atoms with E-state index in [0.29, 0.717) is 19.6 Å². The van der Waals surface area contributed by atoms with Crippen LogP contribution in [0.3, 0.4) is 0 Å². The molecule has 1 aliphatic heterocycles. The molecule has 0 radical (unpaired) electrons. The number of likely N-dealkylation sites (tertiary alicyclic amines) is 1. The molecule has 1 saturated heterocycles. The standard InChI is InChI=1S/C15H28N2O3/c1-5-7-8-16(6-2)15(19)13-9-14(18)17(10-13)12(3)11-20-4/h12-13H,5-11H2,1-4H3/t12-,13+/m0/s1. The number of nitrogens with zero attached hydrogens (tertiary/aromatic N) is 2. The summed E-state index contributed by atoms with van der Waals surface area (Å²) >= 11 is 0. The van der Waals surface area contributed by atoms with Gasteiger partial charge >= 0.3 is 0 Å². The lowest BCUT2D eigenvalue weighted by Gasteiger charge is -2.26. The summed E-state index contributed by atoms with van der Waals surface area (Å²) < 4.78 is 5.09. The summed E-state index contributed by atoms with van der Waals surface area (Å²) in [5.41, 5.74) is 0. The smallest absolute Gasteiger partial charge is 0.227 e. The second kappa shape index (κ2) is 8.25. The zero-order chi connectivity index (χ0) is 15.1. The van der Waals surface area contributed by atoms with E-state index in [-0.39, 0.29) is 23.8 Å². The molecule has 0 bridgehead atoms. The number of carbonyl (C=O) groups excluding carboxylic acids is 2. The maximum Gasteiger partial charge on any atom is 0.227 e. The van der Waals surface area contributed by atoms with E-state index < -0.39 is 0 Å². The Hall–Kier alpha value is -1.10. The van der Waals surface area contributed by atoms with Crippen LogP contribution in [0, 0.1) is 5.92 Å². The molecule has 1 fully saturated rings. The zero-order valence-corrected chi connectivity index (χ0v) is 13.2. The topological polar surface area (TPSA) is 49.9 Å². The van der Waals surface area contributed by atoms with E-state index >= 15 is 0 Å². The second-order valence-corrected chi connectivity index (χ2v) is 5.52. The van der Waals surface area contributed by atoms with Crippen LogP contribution >= 0.6 is 0 Å². The number of carbonyl (C=O) groups is 2. The molecule has 0 saturated carbocycles. The van der Waals surface area contributed by atoms with Gasteiger partial charge in [-0.25, -0.2) is 0 Å².